The first-order valence-electron chi connectivity index (χ1n) is 6.69. The minimum absolute atomic E-state index is 0.00990. The third-order valence-corrected chi connectivity index (χ3v) is 2.69. The van der Waals surface area contributed by atoms with Crippen LogP contribution in [0.2, 0.25) is 0 Å². The quantitative estimate of drug-likeness (QED) is 0.804. The smallest absolute Gasteiger partial charge is 0.407 e. The maximum Gasteiger partial charge on any atom is 0.407 e. The van der Waals surface area contributed by atoms with Crippen LogP contribution in [0.5, 0.6) is 0 Å². The molecule has 1 atom stereocenters. The van der Waals surface area contributed by atoms with Crippen molar-refractivity contribution in [2.45, 2.75) is 32.7 Å². The Morgan fingerprint density at radius 3 is 2.45 bits per heavy atom. The molecule has 0 aliphatic rings. The topological polar surface area (TPSA) is 75.6 Å². The number of hydrogen-bond donors (Lipinski definition) is 2. The first kappa shape index (κ1) is 16.0. The minimum Gasteiger partial charge on any atom is -0.481 e. The highest BCUT2D eigenvalue weighted by atomic mass is 16.5. The van der Waals surface area contributed by atoms with Gasteiger partial charge < -0.3 is 15.2 Å². The summed E-state index contributed by atoms with van der Waals surface area (Å²) in [5.41, 5.74) is 0.871. The Hall–Kier alpha value is -2.04. The zero-order valence-corrected chi connectivity index (χ0v) is 11.8. The van der Waals surface area contributed by atoms with E-state index in [9.17, 15) is 9.59 Å². The van der Waals surface area contributed by atoms with Gasteiger partial charge in [0.05, 0.1) is 12.6 Å². The number of carboxylic acid groups (broad SMARTS) is 1. The minimum atomic E-state index is -0.886. The lowest BCUT2D eigenvalue weighted by Gasteiger charge is -2.18. The molecule has 1 rings (SSSR count). The fourth-order valence-electron chi connectivity index (χ4n) is 1.70. The molecule has 0 spiro atoms. The van der Waals surface area contributed by atoms with Crippen LogP contribution in [0.4, 0.5) is 4.79 Å². The Labute approximate surface area is 118 Å². The first-order chi connectivity index (χ1) is 9.49. The van der Waals surface area contributed by atoms with E-state index >= 15 is 0 Å². The van der Waals surface area contributed by atoms with Gasteiger partial charge in [0.25, 0.3) is 0 Å². The van der Waals surface area contributed by atoms with Gasteiger partial charge in [-0.25, -0.2) is 4.79 Å². The monoisotopic (exact) mass is 279 g/mol. The molecule has 5 heteroatoms. The van der Waals surface area contributed by atoms with Crippen molar-refractivity contribution in [2.75, 3.05) is 6.61 Å². The second-order valence-corrected chi connectivity index (χ2v) is 5.03. The summed E-state index contributed by atoms with van der Waals surface area (Å²) in [7, 11) is 0. The number of nitrogens with one attached hydrogen (secondary N) is 1. The van der Waals surface area contributed by atoms with Crippen molar-refractivity contribution in [1.82, 2.24) is 5.32 Å². The van der Waals surface area contributed by atoms with E-state index in [-0.39, 0.29) is 18.4 Å². The van der Waals surface area contributed by atoms with Crippen molar-refractivity contribution in [3.63, 3.8) is 0 Å². The van der Waals surface area contributed by atoms with Crippen molar-refractivity contribution >= 4 is 12.1 Å². The molecule has 5 nitrogen and oxygen atoms in total. The average Bonchev–Trinajstić information content (AvgIpc) is 2.42. The van der Waals surface area contributed by atoms with Crippen molar-refractivity contribution in [3.05, 3.63) is 35.9 Å². The molecule has 0 fully saturated rings. The van der Waals surface area contributed by atoms with Gasteiger partial charge in [0.15, 0.2) is 0 Å². The Kier molecular flexibility index (Phi) is 6.56. The van der Waals surface area contributed by atoms with Gasteiger partial charge in [0.1, 0.15) is 0 Å². The van der Waals surface area contributed by atoms with Crippen LogP contribution in [0, 0.1) is 5.92 Å². The number of rotatable bonds is 7. The summed E-state index contributed by atoms with van der Waals surface area (Å²) in [6.45, 7) is 4.24. The predicted molar refractivity (Wildman–Crippen MR) is 75.4 cm³/mol. The molecule has 1 aromatic carbocycles. The Morgan fingerprint density at radius 1 is 1.25 bits per heavy atom. The third-order valence-electron chi connectivity index (χ3n) is 2.69. The van der Waals surface area contributed by atoms with Crippen LogP contribution in [-0.4, -0.2) is 23.8 Å². The van der Waals surface area contributed by atoms with E-state index in [0.717, 1.165) is 5.56 Å². The van der Waals surface area contributed by atoms with Gasteiger partial charge in [-0.15, -0.1) is 0 Å². The Balaban J connectivity index is 2.63. The van der Waals surface area contributed by atoms with Crippen LogP contribution in [0.25, 0.3) is 0 Å². The molecular formula is C15H21NO4. The Bertz CT molecular complexity index is 431. The zero-order chi connectivity index (χ0) is 15.0. The van der Waals surface area contributed by atoms with Gasteiger partial charge in [-0.05, 0) is 17.9 Å². The maximum atomic E-state index is 11.7. The van der Waals surface area contributed by atoms with Gasteiger partial charge in [-0.2, -0.15) is 0 Å². The van der Waals surface area contributed by atoms with Crippen molar-refractivity contribution in [3.8, 4) is 0 Å². The molecule has 1 aromatic rings. The van der Waals surface area contributed by atoms with Crippen molar-refractivity contribution < 1.29 is 19.4 Å². The molecule has 20 heavy (non-hydrogen) atoms. The number of aliphatic carboxylic acids is 1. The number of ether oxygens (including phenoxy) is 1. The summed E-state index contributed by atoms with van der Waals surface area (Å²) in [5.74, 6) is -0.627. The lowest BCUT2D eigenvalue weighted by Crippen LogP contribution is -2.30. The molecule has 0 aliphatic heterocycles. The van der Waals surface area contributed by atoms with Crippen LogP contribution in [-0.2, 0) is 9.53 Å². The van der Waals surface area contributed by atoms with Crippen LogP contribution in [0.3, 0.4) is 0 Å². The van der Waals surface area contributed by atoms with Crippen LogP contribution in [0.15, 0.2) is 30.3 Å². The molecule has 0 aliphatic carbocycles. The molecule has 1 unspecified atom stereocenters. The van der Waals surface area contributed by atoms with E-state index in [1.54, 1.807) is 0 Å². The molecular weight excluding hydrogens is 258 g/mol. The summed E-state index contributed by atoms with van der Waals surface area (Å²) in [4.78, 5) is 22.4. The average molecular weight is 279 g/mol. The number of benzene rings is 1. The lowest BCUT2D eigenvalue weighted by molar-refractivity contribution is -0.137. The summed E-state index contributed by atoms with van der Waals surface area (Å²) < 4.78 is 5.06. The predicted octanol–water partition coefficient (Wildman–Crippen LogP) is 2.97. The van der Waals surface area contributed by atoms with Gasteiger partial charge in [0, 0.05) is 6.42 Å². The molecule has 0 aromatic heterocycles. The molecule has 0 heterocycles. The molecule has 0 saturated heterocycles. The molecule has 0 radical (unpaired) electrons. The van der Waals surface area contributed by atoms with Gasteiger partial charge in [-0.1, -0.05) is 44.2 Å². The zero-order valence-electron chi connectivity index (χ0n) is 11.8. The summed E-state index contributed by atoms with van der Waals surface area (Å²) in [6.07, 6.45) is -0.196. The van der Waals surface area contributed by atoms with Crippen molar-refractivity contribution in [1.29, 1.82) is 0 Å². The summed E-state index contributed by atoms with van der Waals surface area (Å²) >= 11 is 0. The largest absolute Gasteiger partial charge is 0.481 e. The van der Waals surface area contributed by atoms with E-state index < -0.39 is 12.1 Å². The molecule has 1 amide bonds. The van der Waals surface area contributed by atoms with Crippen LogP contribution < -0.4 is 5.32 Å². The first-order valence-corrected chi connectivity index (χ1v) is 6.69. The van der Waals surface area contributed by atoms with Crippen LogP contribution in [0.1, 0.15) is 38.3 Å². The van der Waals surface area contributed by atoms with E-state index in [1.165, 1.54) is 0 Å². The number of amides is 1. The van der Waals surface area contributed by atoms with Gasteiger partial charge in [0.2, 0.25) is 0 Å². The fraction of sp³-hybridized carbons (Fsp3) is 0.467. The number of carbonyl (C=O) groups is 2. The fourth-order valence-corrected chi connectivity index (χ4v) is 1.70. The molecule has 0 bridgehead atoms. The van der Waals surface area contributed by atoms with Crippen molar-refractivity contribution in [2.24, 2.45) is 5.92 Å². The summed E-state index contributed by atoms with van der Waals surface area (Å²) in [5, 5.41) is 11.5. The lowest BCUT2D eigenvalue weighted by atomic mass is 10.0. The third kappa shape index (κ3) is 6.22. The second-order valence-electron chi connectivity index (χ2n) is 5.03. The molecule has 0 saturated carbocycles. The standard InChI is InChI=1S/C15H21NO4/c1-11(2)10-20-15(19)16-13(8-9-14(17)18)12-6-4-3-5-7-12/h3-7,11,13H,8-10H2,1-2H3,(H,16,19)(H,17,18). The highest BCUT2D eigenvalue weighted by Gasteiger charge is 2.16. The van der Waals surface area contributed by atoms with E-state index in [1.807, 2.05) is 44.2 Å². The number of hydrogen-bond acceptors (Lipinski definition) is 3. The maximum absolute atomic E-state index is 11.7. The SMILES string of the molecule is CC(C)COC(=O)NC(CCC(=O)O)c1ccccc1. The molecule has 2 N–H and O–H groups in total. The van der Waals surface area contributed by atoms with Gasteiger partial charge in [-0.3, -0.25) is 4.79 Å². The highest BCUT2D eigenvalue weighted by Crippen LogP contribution is 2.18. The normalized spacial score (nSPS) is 11.9. The number of carboxylic acids is 1. The van der Waals surface area contributed by atoms with E-state index in [2.05, 4.69) is 5.32 Å². The van der Waals surface area contributed by atoms with Gasteiger partial charge >= 0.3 is 12.1 Å². The second kappa shape index (κ2) is 8.19. The number of carbonyl (C=O) groups excluding carboxylic acids is 1. The van der Waals surface area contributed by atoms with E-state index in [0.29, 0.717) is 13.0 Å². The Morgan fingerprint density at radius 2 is 1.90 bits per heavy atom. The number of alkyl carbamates (subject to hydrolysis) is 1. The molecule has 110 valence electrons. The van der Waals surface area contributed by atoms with E-state index in [4.69, 9.17) is 9.84 Å². The van der Waals surface area contributed by atoms with Crippen LogP contribution >= 0.6 is 0 Å². The summed E-state index contributed by atoms with van der Waals surface area (Å²) in [6, 6.07) is 8.93. The highest BCUT2D eigenvalue weighted by molar-refractivity contribution is 5.69.